The molecular formula is C14H18N6. The molecule has 0 aliphatic heterocycles. The van der Waals surface area contributed by atoms with Crippen LogP contribution in [0.1, 0.15) is 38.6 Å². The lowest BCUT2D eigenvalue weighted by molar-refractivity contribution is 0.488. The van der Waals surface area contributed by atoms with Gasteiger partial charge < -0.3 is 9.99 Å². The number of aromatic nitrogens is 4. The third-order valence-corrected chi connectivity index (χ3v) is 3.97. The minimum absolute atomic E-state index is 0.448. The molecule has 20 heavy (non-hydrogen) atoms. The third kappa shape index (κ3) is 2.21. The van der Waals surface area contributed by atoms with Gasteiger partial charge in [0.1, 0.15) is 6.33 Å². The summed E-state index contributed by atoms with van der Waals surface area (Å²) >= 11 is 0. The first-order valence-corrected chi connectivity index (χ1v) is 6.87. The van der Waals surface area contributed by atoms with Gasteiger partial charge in [0.25, 0.3) is 0 Å². The highest BCUT2D eigenvalue weighted by Gasteiger charge is 2.27. The zero-order valence-corrected chi connectivity index (χ0v) is 11.5. The molecule has 2 heterocycles. The molecule has 104 valence electrons. The summed E-state index contributed by atoms with van der Waals surface area (Å²) in [5.74, 6) is 12.9. The lowest BCUT2D eigenvalue weighted by Crippen LogP contribution is -2.10. The first-order valence-electron chi connectivity index (χ1n) is 6.87. The summed E-state index contributed by atoms with van der Waals surface area (Å²) < 4.78 is 2.15. The maximum atomic E-state index is 5.45. The topological polar surface area (TPSA) is 81.7 Å². The Labute approximate surface area is 117 Å². The zero-order valence-electron chi connectivity index (χ0n) is 11.5. The fraction of sp³-hybridized carbons (Fsp3) is 0.500. The smallest absolute Gasteiger partial charge is 0.171 e. The van der Waals surface area contributed by atoms with E-state index >= 15 is 0 Å². The fourth-order valence-electron chi connectivity index (χ4n) is 2.96. The van der Waals surface area contributed by atoms with Crippen LogP contribution in [0.4, 0.5) is 5.82 Å². The zero-order chi connectivity index (χ0) is 13.9. The number of nitrogens with zero attached hydrogens (tertiary/aromatic N) is 4. The number of hydrazine groups is 1. The lowest BCUT2D eigenvalue weighted by Gasteiger charge is -2.12. The van der Waals surface area contributed by atoms with E-state index in [0.717, 1.165) is 30.4 Å². The fourth-order valence-corrected chi connectivity index (χ4v) is 2.96. The predicted molar refractivity (Wildman–Crippen MR) is 77.6 cm³/mol. The number of hydrogen-bond donors (Lipinski definition) is 2. The van der Waals surface area contributed by atoms with E-state index in [1.165, 1.54) is 12.7 Å². The first kappa shape index (κ1) is 12.9. The second-order valence-corrected chi connectivity index (χ2v) is 5.15. The lowest BCUT2D eigenvalue weighted by atomic mass is 10.0. The third-order valence-electron chi connectivity index (χ3n) is 3.97. The minimum Gasteiger partial charge on any atom is -0.312 e. The molecule has 2 aromatic heterocycles. The van der Waals surface area contributed by atoms with E-state index < -0.39 is 0 Å². The van der Waals surface area contributed by atoms with Gasteiger partial charge in [-0.2, -0.15) is 0 Å². The van der Waals surface area contributed by atoms with Gasteiger partial charge in [-0.1, -0.05) is 0 Å². The number of imidazole rings is 1. The van der Waals surface area contributed by atoms with Crippen LogP contribution in [0, 0.1) is 17.8 Å². The Morgan fingerprint density at radius 2 is 2.30 bits per heavy atom. The average molecular weight is 270 g/mol. The van der Waals surface area contributed by atoms with Crippen LogP contribution >= 0.6 is 0 Å². The molecule has 0 aromatic carbocycles. The Hall–Kier alpha value is -2.13. The second-order valence-electron chi connectivity index (χ2n) is 5.15. The Morgan fingerprint density at radius 3 is 3.10 bits per heavy atom. The molecule has 1 saturated carbocycles. The van der Waals surface area contributed by atoms with Gasteiger partial charge in [-0.25, -0.2) is 20.8 Å². The number of nitrogen functional groups attached to an aromatic ring is 1. The van der Waals surface area contributed by atoms with Crippen molar-refractivity contribution >= 4 is 17.0 Å². The molecule has 0 spiro atoms. The van der Waals surface area contributed by atoms with Crippen molar-refractivity contribution in [2.24, 2.45) is 11.8 Å². The Balaban J connectivity index is 1.86. The largest absolute Gasteiger partial charge is 0.312 e. The molecule has 3 rings (SSSR count). The summed E-state index contributed by atoms with van der Waals surface area (Å²) in [7, 11) is 0. The van der Waals surface area contributed by atoms with Crippen LogP contribution in [0.25, 0.3) is 11.2 Å². The van der Waals surface area contributed by atoms with Crippen LogP contribution in [0.3, 0.4) is 0 Å². The Kier molecular flexibility index (Phi) is 3.52. The van der Waals surface area contributed by atoms with Gasteiger partial charge in [-0.05, 0) is 32.1 Å². The van der Waals surface area contributed by atoms with Crippen molar-refractivity contribution in [3.05, 3.63) is 12.7 Å². The van der Waals surface area contributed by atoms with Gasteiger partial charge in [0.05, 0.1) is 6.33 Å². The van der Waals surface area contributed by atoms with Crippen molar-refractivity contribution in [3.63, 3.8) is 0 Å². The van der Waals surface area contributed by atoms with Crippen LogP contribution in [-0.2, 0) is 0 Å². The van der Waals surface area contributed by atoms with E-state index in [4.69, 9.17) is 5.84 Å². The Morgan fingerprint density at radius 1 is 1.40 bits per heavy atom. The summed E-state index contributed by atoms with van der Waals surface area (Å²) in [5.41, 5.74) is 4.14. The van der Waals surface area contributed by atoms with Gasteiger partial charge in [-0.3, -0.25) is 0 Å². The second kappa shape index (κ2) is 5.47. The van der Waals surface area contributed by atoms with Crippen LogP contribution in [0.15, 0.2) is 12.7 Å². The standard InChI is InChI=1S/C14H18N6/c1-2-3-4-10-5-6-11(7-10)20-9-18-12-13(19-15)16-8-17-14(12)20/h8-11H,4-7,15H2,1H3,(H,16,17,19). The normalized spacial score (nSPS) is 21.7. The molecule has 0 amide bonds. The number of nitrogens with two attached hydrogens (primary N) is 1. The monoisotopic (exact) mass is 270 g/mol. The Bertz CT molecular complexity index is 665. The molecule has 1 aliphatic carbocycles. The van der Waals surface area contributed by atoms with E-state index in [1.807, 2.05) is 13.3 Å². The summed E-state index contributed by atoms with van der Waals surface area (Å²) in [6, 6.07) is 0.448. The first-order chi connectivity index (χ1) is 9.83. The number of anilines is 1. The molecule has 1 fully saturated rings. The number of nitrogens with one attached hydrogen (secondary N) is 1. The quantitative estimate of drug-likeness (QED) is 0.505. The van der Waals surface area contributed by atoms with Crippen molar-refractivity contribution in [1.29, 1.82) is 0 Å². The number of fused-ring (bicyclic) bond motifs is 1. The van der Waals surface area contributed by atoms with Crippen molar-refractivity contribution < 1.29 is 0 Å². The summed E-state index contributed by atoms with van der Waals surface area (Å²) in [6.45, 7) is 1.90. The van der Waals surface area contributed by atoms with Gasteiger partial charge in [0.2, 0.25) is 0 Å². The average Bonchev–Trinajstić information content (AvgIpc) is 3.10. The molecule has 0 radical (unpaired) electrons. The van der Waals surface area contributed by atoms with Crippen LogP contribution in [0.2, 0.25) is 0 Å². The molecular weight excluding hydrogens is 252 g/mol. The van der Waals surface area contributed by atoms with Crippen LogP contribution in [-0.4, -0.2) is 19.5 Å². The van der Waals surface area contributed by atoms with Gasteiger partial charge in [0, 0.05) is 12.5 Å². The molecule has 2 aromatic rings. The van der Waals surface area contributed by atoms with E-state index in [0.29, 0.717) is 17.8 Å². The molecule has 3 N–H and O–H groups in total. The number of hydrogen-bond acceptors (Lipinski definition) is 5. The highest BCUT2D eigenvalue weighted by atomic mass is 15.3. The minimum atomic E-state index is 0.448. The predicted octanol–water partition coefficient (Wildman–Crippen LogP) is 1.87. The van der Waals surface area contributed by atoms with E-state index in [9.17, 15) is 0 Å². The van der Waals surface area contributed by atoms with Crippen molar-refractivity contribution in [1.82, 2.24) is 19.5 Å². The van der Waals surface area contributed by atoms with Crippen molar-refractivity contribution in [2.45, 2.75) is 38.6 Å². The molecule has 0 bridgehead atoms. The van der Waals surface area contributed by atoms with Gasteiger partial charge in [0.15, 0.2) is 17.0 Å². The van der Waals surface area contributed by atoms with Crippen molar-refractivity contribution in [2.75, 3.05) is 5.43 Å². The highest BCUT2D eigenvalue weighted by Crippen LogP contribution is 2.37. The maximum Gasteiger partial charge on any atom is 0.171 e. The van der Waals surface area contributed by atoms with Crippen LogP contribution in [0.5, 0.6) is 0 Å². The van der Waals surface area contributed by atoms with Gasteiger partial charge in [-0.15, -0.1) is 11.8 Å². The SMILES string of the molecule is CC#CCC1CCC(n2cnc3c(NN)ncnc32)C1. The summed E-state index contributed by atoms with van der Waals surface area (Å²) in [5, 5.41) is 0. The molecule has 2 atom stereocenters. The maximum absolute atomic E-state index is 5.45. The van der Waals surface area contributed by atoms with E-state index in [2.05, 4.69) is 36.8 Å². The van der Waals surface area contributed by atoms with Crippen molar-refractivity contribution in [3.8, 4) is 11.8 Å². The van der Waals surface area contributed by atoms with Gasteiger partial charge >= 0.3 is 0 Å². The van der Waals surface area contributed by atoms with E-state index in [1.54, 1.807) is 0 Å². The molecule has 0 saturated heterocycles. The van der Waals surface area contributed by atoms with Crippen LogP contribution < -0.4 is 11.3 Å². The summed E-state index contributed by atoms with van der Waals surface area (Å²) in [6.07, 6.45) is 7.85. The summed E-state index contributed by atoms with van der Waals surface area (Å²) in [4.78, 5) is 12.8. The van der Waals surface area contributed by atoms with E-state index in [-0.39, 0.29) is 0 Å². The molecule has 6 nitrogen and oxygen atoms in total. The molecule has 2 unspecified atom stereocenters. The number of rotatable bonds is 3. The highest BCUT2D eigenvalue weighted by molar-refractivity contribution is 5.82. The molecule has 1 aliphatic rings. The molecule has 6 heteroatoms.